The zero-order valence-corrected chi connectivity index (χ0v) is 6.91. The number of hydrogen-bond acceptors (Lipinski definition) is 3. The van der Waals surface area contributed by atoms with Gasteiger partial charge in [-0.15, -0.1) is 0 Å². The van der Waals surface area contributed by atoms with Crippen LogP contribution >= 0.6 is 0 Å². The summed E-state index contributed by atoms with van der Waals surface area (Å²) in [5, 5.41) is 1.08. The number of carbonyl (C=O) groups excluding carboxylic acids is 1. The Morgan fingerprint density at radius 2 is 1.50 bits per heavy atom. The third-order valence-electron chi connectivity index (χ3n) is 1.30. The van der Waals surface area contributed by atoms with Gasteiger partial charge in [-0.3, -0.25) is 4.79 Å². The minimum atomic E-state index is -2.19. The number of rotatable bonds is 2. The maximum absolute atomic E-state index is 10.2. The highest BCUT2D eigenvalue weighted by atomic mass is 32.2. The van der Waals surface area contributed by atoms with E-state index in [0.29, 0.717) is 17.4 Å². The first-order chi connectivity index (χ1) is 5.72. The number of aldehydes is 1. The molecule has 0 aromatic heterocycles. The molecule has 0 radical (unpaired) electrons. The molecule has 0 saturated carbocycles. The lowest BCUT2D eigenvalue weighted by Crippen LogP contribution is -1.83. The van der Waals surface area contributed by atoms with E-state index in [1.165, 1.54) is 0 Å². The van der Waals surface area contributed by atoms with E-state index < -0.39 is 10.3 Å². The van der Waals surface area contributed by atoms with Crippen molar-refractivity contribution in [2.45, 2.75) is 0 Å². The quantitative estimate of drug-likeness (QED) is 0.495. The lowest BCUT2D eigenvalue weighted by Gasteiger charge is -1.89. The molecule has 0 fully saturated rings. The fourth-order valence-electron chi connectivity index (χ4n) is 0.764. The van der Waals surface area contributed by atoms with Gasteiger partial charge in [0, 0.05) is 5.56 Å². The van der Waals surface area contributed by atoms with E-state index >= 15 is 0 Å². The normalized spacial score (nSPS) is 9.00. The Bertz CT molecular complexity index is 392. The van der Waals surface area contributed by atoms with Gasteiger partial charge in [-0.25, -0.2) is 0 Å². The van der Waals surface area contributed by atoms with Crippen molar-refractivity contribution >= 4 is 21.9 Å². The van der Waals surface area contributed by atoms with Crippen LogP contribution in [-0.4, -0.2) is 20.1 Å². The standard InChI is InChI=1S/C8H6O3S/c9-5-7-1-3-8(4-2-7)6-12(10)11/h1-6H. The van der Waals surface area contributed by atoms with Crippen molar-refractivity contribution in [1.29, 1.82) is 0 Å². The lowest BCUT2D eigenvalue weighted by molar-refractivity contribution is 0.112. The third-order valence-corrected chi connectivity index (χ3v) is 1.77. The highest BCUT2D eigenvalue weighted by Crippen LogP contribution is 1.98. The topological polar surface area (TPSA) is 51.2 Å². The summed E-state index contributed by atoms with van der Waals surface area (Å²) in [7, 11) is -2.19. The molecule has 0 unspecified atom stereocenters. The van der Waals surface area contributed by atoms with Gasteiger partial charge in [0.15, 0.2) is 0 Å². The fourth-order valence-corrected chi connectivity index (χ4v) is 1.14. The van der Waals surface area contributed by atoms with E-state index in [1.807, 2.05) is 0 Å². The molecule has 0 bridgehead atoms. The molecule has 1 rings (SSSR count). The Morgan fingerprint density at radius 1 is 1.00 bits per heavy atom. The van der Waals surface area contributed by atoms with Crippen molar-refractivity contribution in [3.63, 3.8) is 0 Å². The second kappa shape index (κ2) is 3.82. The molecule has 0 heterocycles. The first-order valence-electron chi connectivity index (χ1n) is 3.20. The van der Waals surface area contributed by atoms with Crippen LogP contribution in [-0.2, 0) is 10.3 Å². The summed E-state index contributed by atoms with van der Waals surface area (Å²) in [5.74, 6) is 0. The first kappa shape index (κ1) is 8.67. The van der Waals surface area contributed by atoms with Gasteiger partial charge >= 0.3 is 0 Å². The van der Waals surface area contributed by atoms with Crippen LogP contribution in [0.25, 0.3) is 0 Å². The second-order valence-electron chi connectivity index (χ2n) is 2.16. The summed E-state index contributed by atoms with van der Waals surface area (Å²) in [5.41, 5.74) is 1.10. The van der Waals surface area contributed by atoms with Crippen LogP contribution in [0.4, 0.5) is 0 Å². The van der Waals surface area contributed by atoms with Crippen molar-refractivity contribution in [2.24, 2.45) is 0 Å². The third kappa shape index (κ3) is 2.32. The van der Waals surface area contributed by atoms with Crippen LogP contribution in [0.2, 0.25) is 0 Å². The Balaban J connectivity index is 3.08. The maximum atomic E-state index is 10.2. The molecule has 1 aromatic carbocycles. The predicted octanol–water partition coefficient (Wildman–Crippen LogP) is 0.529. The zero-order chi connectivity index (χ0) is 8.97. The molecule has 0 amide bonds. The molecule has 3 nitrogen and oxygen atoms in total. The van der Waals surface area contributed by atoms with Crippen molar-refractivity contribution in [3.8, 4) is 0 Å². The minimum absolute atomic E-state index is 0.531. The van der Waals surface area contributed by atoms with E-state index in [0.717, 1.165) is 5.37 Å². The molecule has 0 aliphatic rings. The minimum Gasteiger partial charge on any atom is -0.298 e. The predicted molar refractivity (Wildman–Crippen MR) is 45.9 cm³/mol. The van der Waals surface area contributed by atoms with Crippen LogP contribution in [0.1, 0.15) is 15.9 Å². The van der Waals surface area contributed by atoms with E-state index in [1.54, 1.807) is 24.3 Å². The average molecular weight is 182 g/mol. The number of carbonyl (C=O) groups is 1. The molecule has 1 aromatic rings. The van der Waals surface area contributed by atoms with Crippen molar-refractivity contribution in [1.82, 2.24) is 0 Å². The van der Waals surface area contributed by atoms with E-state index in [-0.39, 0.29) is 0 Å². The molecule has 0 atom stereocenters. The molecule has 0 aliphatic heterocycles. The molecular formula is C8H6O3S. The molecule has 0 spiro atoms. The van der Waals surface area contributed by atoms with Gasteiger partial charge in [0.25, 0.3) is 0 Å². The van der Waals surface area contributed by atoms with Gasteiger partial charge in [0.2, 0.25) is 10.3 Å². The zero-order valence-electron chi connectivity index (χ0n) is 6.10. The van der Waals surface area contributed by atoms with Crippen molar-refractivity contribution in [2.75, 3.05) is 0 Å². The Hall–Kier alpha value is -1.42. The lowest BCUT2D eigenvalue weighted by atomic mass is 10.2. The van der Waals surface area contributed by atoms with Gasteiger partial charge in [0.1, 0.15) is 6.29 Å². The van der Waals surface area contributed by atoms with Crippen LogP contribution in [0.15, 0.2) is 24.3 Å². The maximum Gasteiger partial charge on any atom is 0.214 e. The molecule has 4 heteroatoms. The number of hydrogen-bond donors (Lipinski definition) is 0. The summed E-state index contributed by atoms with van der Waals surface area (Å²) in [6.07, 6.45) is 0.706. The second-order valence-corrected chi connectivity index (χ2v) is 2.92. The van der Waals surface area contributed by atoms with E-state index in [2.05, 4.69) is 0 Å². The Morgan fingerprint density at radius 3 is 1.92 bits per heavy atom. The summed E-state index contributed by atoms with van der Waals surface area (Å²) >= 11 is 0. The fraction of sp³-hybridized carbons (Fsp3) is 0. The molecule has 62 valence electrons. The van der Waals surface area contributed by atoms with Crippen molar-refractivity contribution < 1.29 is 13.2 Å². The highest BCUT2D eigenvalue weighted by Gasteiger charge is 1.89. The molecule has 0 N–H and O–H groups in total. The van der Waals surface area contributed by atoms with Crippen molar-refractivity contribution in [3.05, 3.63) is 35.4 Å². The van der Waals surface area contributed by atoms with Crippen LogP contribution in [0, 0.1) is 0 Å². The average Bonchev–Trinajstić information content (AvgIpc) is 2.05. The number of benzene rings is 1. The van der Waals surface area contributed by atoms with Gasteiger partial charge in [-0.1, -0.05) is 24.3 Å². The Kier molecular flexibility index (Phi) is 2.76. The van der Waals surface area contributed by atoms with E-state index in [4.69, 9.17) is 0 Å². The molecule has 0 saturated heterocycles. The summed E-state index contributed by atoms with van der Waals surface area (Å²) in [4.78, 5) is 10.2. The SMILES string of the molecule is O=Cc1ccc(C=S(=O)=O)cc1. The van der Waals surface area contributed by atoms with Crippen LogP contribution in [0.5, 0.6) is 0 Å². The van der Waals surface area contributed by atoms with Gasteiger partial charge < -0.3 is 0 Å². The monoisotopic (exact) mass is 182 g/mol. The van der Waals surface area contributed by atoms with Gasteiger partial charge in [0.05, 0.1) is 5.37 Å². The molecule has 12 heavy (non-hydrogen) atoms. The Labute approximate surface area is 71.2 Å². The van der Waals surface area contributed by atoms with Gasteiger partial charge in [-0.2, -0.15) is 8.42 Å². The van der Waals surface area contributed by atoms with Gasteiger partial charge in [-0.05, 0) is 5.56 Å². The van der Waals surface area contributed by atoms with E-state index in [9.17, 15) is 13.2 Å². The van der Waals surface area contributed by atoms with Crippen LogP contribution in [0.3, 0.4) is 0 Å². The summed E-state index contributed by atoms with van der Waals surface area (Å²) in [6, 6.07) is 6.26. The molecular weight excluding hydrogens is 176 g/mol. The first-order valence-corrected chi connectivity index (χ1v) is 4.34. The summed E-state index contributed by atoms with van der Waals surface area (Å²) < 4.78 is 20.4. The van der Waals surface area contributed by atoms with Crippen LogP contribution < -0.4 is 0 Å². The highest BCUT2D eigenvalue weighted by molar-refractivity contribution is 7.71. The molecule has 0 aliphatic carbocycles. The largest absolute Gasteiger partial charge is 0.298 e. The smallest absolute Gasteiger partial charge is 0.214 e. The summed E-state index contributed by atoms with van der Waals surface area (Å²) in [6.45, 7) is 0.